The van der Waals surface area contributed by atoms with Crippen LogP contribution in [0.2, 0.25) is 0 Å². The van der Waals surface area contributed by atoms with Crippen LogP contribution in [0.25, 0.3) is 0 Å². The molecular weight excluding hydrogens is 487 g/mol. The Morgan fingerprint density at radius 3 is 1.55 bits per heavy atom. The Morgan fingerprint density at radius 1 is 0.632 bits per heavy atom. The average Bonchev–Trinajstić information content (AvgIpc) is 2.80. The van der Waals surface area contributed by atoms with Crippen molar-refractivity contribution in [1.82, 2.24) is 0 Å². The van der Waals surface area contributed by atoms with E-state index in [-0.39, 0.29) is 22.0 Å². The molecule has 0 spiro atoms. The molecule has 0 heterocycles. The van der Waals surface area contributed by atoms with E-state index in [9.17, 15) is 14.2 Å². The number of hydrogen-bond acceptors (Lipinski definition) is 3. The Hall–Kier alpha value is -2.90. The molecule has 0 aliphatic carbocycles. The summed E-state index contributed by atoms with van der Waals surface area (Å²) in [6.45, 7) is 23.0. The number of carbonyl (C=O) groups is 2. The smallest absolute Gasteiger partial charge is 0.247 e. The molecule has 4 heteroatoms. The molecule has 3 rings (SSSR count). The molecule has 1 radical (unpaired) electrons. The summed E-state index contributed by atoms with van der Waals surface area (Å²) in [6.07, 6.45) is 0. The van der Waals surface area contributed by atoms with E-state index in [0.717, 1.165) is 22.3 Å². The Balaban J connectivity index is 2.30. The lowest BCUT2D eigenvalue weighted by Crippen LogP contribution is -2.28. The molecule has 1 unspecified atom stereocenters. The zero-order chi connectivity index (χ0) is 28.8. The Morgan fingerprint density at radius 2 is 1.11 bits per heavy atom. The highest BCUT2D eigenvalue weighted by Gasteiger charge is 2.34. The Labute approximate surface area is 229 Å². The van der Waals surface area contributed by atoms with E-state index in [1.165, 1.54) is 5.56 Å². The molecule has 0 bridgehead atoms. The summed E-state index contributed by atoms with van der Waals surface area (Å²) in [7, 11) is -2.50. The van der Waals surface area contributed by atoms with E-state index < -0.39 is 13.3 Å². The third-order valence-electron chi connectivity index (χ3n) is 7.09. The molecule has 0 aliphatic heterocycles. The van der Waals surface area contributed by atoms with Crippen molar-refractivity contribution < 1.29 is 14.2 Å². The largest absolute Gasteiger partial charge is 0.289 e. The van der Waals surface area contributed by atoms with Crippen LogP contribution in [0.4, 0.5) is 0 Å². The van der Waals surface area contributed by atoms with Crippen molar-refractivity contribution in [3.63, 3.8) is 0 Å². The molecule has 0 N–H and O–H groups in total. The number of rotatable bonds is 5. The van der Waals surface area contributed by atoms with Gasteiger partial charge in [0.05, 0.1) is 5.30 Å². The average molecular weight is 530 g/mol. The Bertz CT molecular complexity index is 1370. The molecule has 0 amide bonds. The van der Waals surface area contributed by atoms with E-state index >= 15 is 0 Å². The van der Waals surface area contributed by atoms with Gasteiger partial charge in [-0.05, 0) is 70.0 Å². The SMILES string of the molecule is Cc1cccc(C)c1C(=O)[P](=O)c1ccccc1C(=O)c1c(C(C)(C)C)cc(C(C)(C)C)cc1C(C)(C)C. The van der Waals surface area contributed by atoms with Crippen LogP contribution in [0.3, 0.4) is 0 Å². The number of aryl methyl sites for hydroxylation is 2. The van der Waals surface area contributed by atoms with Gasteiger partial charge in [0.2, 0.25) is 5.52 Å². The first-order valence-corrected chi connectivity index (χ1v) is 14.5. The lowest BCUT2D eigenvalue weighted by atomic mass is 9.71. The zero-order valence-electron chi connectivity index (χ0n) is 24.9. The van der Waals surface area contributed by atoms with Gasteiger partial charge in [0.1, 0.15) is 0 Å². The summed E-state index contributed by atoms with van der Waals surface area (Å²) in [6, 6.07) is 16.8. The number of hydrogen-bond donors (Lipinski definition) is 0. The predicted octanol–water partition coefficient (Wildman–Crippen LogP) is 8.72. The predicted molar refractivity (Wildman–Crippen MR) is 160 cm³/mol. The number of ketones is 1. The topological polar surface area (TPSA) is 51.2 Å². The van der Waals surface area contributed by atoms with E-state index in [4.69, 9.17) is 0 Å². The molecule has 3 aromatic carbocycles. The lowest BCUT2D eigenvalue weighted by molar-refractivity contribution is 0.103. The molecule has 0 saturated carbocycles. The fraction of sp³-hybridized carbons (Fsp3) is 0.412. The van der Waals surface area contributed by atoms with E-state index in [2.05, 4.69) is 74.4 Å². The highest BCUT2D eigenvalue weighted by molar-refractivity contribution is 7.71. The van der Waals surface area contributed by atoms with Crippen LogP contribution < -0.4 is 5.30 Å². The van der Waals surface area contributed by atoms with Crippen molar-refractivity contribution in [2.75, 3.05) is 0 Å². The van der Waals surface area contributed by atoms with Gasteiger partial charge in [0, 0.05) is 16.7 Å². The normalized spacial score (nSPS) is 12.9. The van der Waals surface area contributed by atoms with Crippen molar-refractivity contribution in [2.45, 2.75) is 92.4 Å². The molecule has 38 heavy (non-hydrogen) atoms. The van der Waals surface area contributed by atoms with Gasteiger partial charge in [-0.3, -0.25) is 14.2 Å². The van der Waals surface area contributed by atoms with Gasteiger partial charge in [-0.25, -0.2) is 0 Å². The second-order valence-corrected chi connectivity index (χ2v) is 14.9. The highest BCUT2D eigenvalue weighted by Crippen LogP contribution is 2.40. The van der Waals surface area contributed by atoms with Gasteiger partial charge in [-0.2, -0.15) is 0 Å². The van der Waals surface area contributed by atoms with Crippen LogP contribution in [0.1, 0.15) is 116 Å². The third-order valence-corrected chi connectivity index (χ3v) is 8.51. The highest BCUT2D eigenvalue weighted by atomic mass is 31.1. The van der Waals surface area contributed by atoms with Crippen molar-refractivity contribution in [1.29, 1.82) is 0 Å². The number of benzene rings is 3. The van der Waals surface area contributed by atoms with Crippen LogP contribution in [-0.2, 0) is 20.8 Å². The van der Waals surface area contributed by atoms with Crippen LogP contribution in [-0.4, -0.2) is 11.3 Å². The quantitative estimate of drug-likeness (QED) is 0.245. The second kappa shape index (κ2) is 10.3. The minimum Gasteiger partial charge on any atom is -0.289 e. The third kappa shape index (κ3) is 5.89. The van der Waals surface area contributed by atoms with Crippen molar-refractivity contribution >= 4 is 24.4 Å². The van der Waals surface area contributed by atoms with Gasteiger partial charge in [0.15, 0.2) is 13.6 Å². The summed E-state index contributed by atoms with van der Waals surface area (Å²) in [5, 5.41) is 0.291. The molecule has 0 aromatic heterocycles. The first-order valence-electron chi connectivity index (χ1n) is 13.3. The summed E-state index contributed by atoms with van der Waals surface area (Å²) >= 11 is 0. The summed E-state index contributed by atoms with van der Waals surface area (Å²) in [5.41, 5.74) is 4.96. The monoisotopic (exact) mass is 529 g/mol. The van der Waals surface area contributed by atoms with E-state index in [0.29, 0.717) is 22.0 Å². The Kier molecular flexibility index (Phi) is 8.07. The van der Waals surface area contributed by atoms with E-state index in [1.54, 1.807) is 24.3 Å². The van der Waals surface area contributed by atoms with Crippen molar-refractivity contribution in [2.24, 2.45) is 0 Å². The fourth-order valence-corrected chi connectivity index (χ4v) is 6.23. The molecule has 0 saturated heterocycles. The first-order chi connectivity index (χ1) is 17.4. The molecule has 201 valence electrons. The van der Waals surface area contributed by atoms with Crippen LogP contribution in [0, 0.1) is 13.8 Å². The van der Waals surface area contributed by atoms with Crippen molar-refractivity contribution in [3.8, 4) is 0 Å². The maximum Gasteiger partial charge on any atom is 0.247 e. The zero-order valence-corrected chi connectivity index (χ0v) is 25.8. The summed E-state index contributed by atoms with van der Waals surface area (Å²) in [5.74, 6) is -0.187. The minimum absolute atomic E-state index is 0.0966. The van der Waals surface area contributed by atoms with Crippen molar-refractivity contribution in [3.05, 3.63) is 99.1 Å². The molecule has 0 fully saturated rings. The van der Waals surface area contributed by atoms with Gasteiger partial charge >= 0.3 is 0 Å². The van der Waals surface area contributed by atoms with Gasteiger partial charge in [-0.1, -0.05) is 105 Å². The summed E-state index contributed by atoms with van der Waals surface area (Å²) < 4.78 is 13.8. The molecule has 0 aliphatic rings. The molecule has 3 nitrogen and oxygen atoms in total. The van der Waals surface area contributed by atoms with Gasteiger partial charge in [-0.15, -0.1) is 0 Å². The van der Waals surface area contributed by atoms with Crippen LogP contribution in [0.5, 0.6) is 0 Å². The van der Waals surface area contributed by atoms with E-state index in [1.807, 2.05) is 32.0 Å². The van der Waals surface area contributed by atoms with Gasteiger partial charge in [0.25, 0.3) is 0 Å². The minimum atomic E-state index is -2.50. The molecule has 1 atom stereocenters. The standard InChI is InChI=1S/C34H42O3P/c1-21-15-14-16-22(2)28(21)31(36)38(37)27-18-13-12-17-24(27)30(35)29-25(33(6,7)8)19-23(32(3,4)5)20-26(29)34(9,10)11/h12-20H,1-11H3. The first kappa shape index (κ1) is 29.7. The van der Waals surface area contributed by atoms with Gasteiger partial charge < -0.3 is 0 Å². The second-order valence-electron chi connectivity index (χ2n) is 13.4. The lowest BCUT2D eigenvalue weighted by Gasteiger charge is -2.33. The summed E-state index contributed by atoms with van der Waals surface area (Å²) in [4.78, 5) is 28.0. The van der Waals surface area contributed by atoms with Crippen LogP contribution >= 0.6 is 7.80 Å². The molecule has 3 aromatic rings. The van der Waals surface area contributed by atoms with Crippen LogP contribution in [0.15, 0.2) is 54.6 Å². The number of carbonyl (C=O) groups excluding carboxylic acids is 2. The maximum atomic E-state index is 14.5. The maximum absolute atomic E-state index is 14.5. The fourth-order valence-electron chi connectivity index (χ4n) is 4.84. The molecular formula is C34H42O3P.